The molecule has 0 aliphatic heterocycles. The van der Waals surface area contributed by atoms with Crippen LogP contribution in [0.15, 0.2) is 22.7 Å². The fraction of sp³-hybridized carbons (Fsp3) is 0.579. The molecule has 5 nitrogen and oxygen atoms in total. The zero-order chi connectivity index (χ0) is 18.2. The van der Waals surface area contributed by atoms with Crippen LogP contribution in [0.5, 0.6) is 0 Å². The van der Waals surface area contributed by atoms with Gasteiger partial charge >= 0.3 is 0 Å². The topological polar surface area (TPSA) is 62.6 Å². The van der Waals surface area contributed by atoms with Crippen LogP contribution in [0, 0.1) is 12.8 Å². The molecule has 6 heteroatoms. The van der Waals surface area contributed by atoms with Crippen LogP contribution in [0.25, 0.3) is 0 Å². The molecular weight excluding hydrogens is 382 g/mol. The van der Waals surface area contributed by atoms with E-state index in [9.17, 15) is 9.59 Å². The summed E-state index contributed by atoms with van der Waals surface area (Å²) in [5, 5.41) is 5.94. The van der Waals surface area contributed by atoms with E-state index < -0.39 is 0 Å². The van der Waals surface area contributed by atoms with Crippen molar-refractivity contribution in [2.45, 2.75) is 39.0 Å². The lowest BCUT2D eigenvalue weighted by molar-refractivity contribution is -0.862. The minimum atomic E-state index is -0.0806. The van der Waals surface area contributed by atoms with Gasteiger partial charge in [-0.15, -0.1) is 0 Å². The van der Waals surface area contributed by atoms with Gasteiger partial charge in [-0.1, -0.05) is 35.2 Å². The van der Waals surface area contributed by atoms with Crippen molar-refractivity contribution in [1.29, 1.82) is 0 Å². The Labute approximate surface area is 158 Å². The van der Waals surface area contributed by atoms with Gasteiger partial charge in [0.05, 0.1) is 7.05 Å². The average Bonchev–Trinajstić information content (AvgIpc) is 2.56. The Hall–Kier alpha value is -1.40. The lowest BCUT2D eigenvalue weighted by Crippen LogP contribution is -3.11. The number of halogens is 1. The van der Waals surface area contributed by atoms with E-state index >= 15 is 0 Å². The van der Waals surface area contributed by atoms with Crippen molar-refractivity contribution < 1.29 is 14.5 Å². The number of benzene rings is 1. The smallest absolute Gasteiger partial charge is 0.279 e. The maximum Gasteiger partial charge on any atom is 0.279 e. The van der Waals surface area contributed by atoms with Crippen molar-refractivity contribution in [1.82, 2.24) is 5.32 Å². The molecule has 1 aliphatic rings. The van der Waals surface area contributed by atoms with Crippen LogP contribution in [0.2, 0.25) is 0 Å². The summed E-state index contributed by atoms with van der Waals surface area (Å²) in [6.45, 7) is 3.32. The van der Waals surface area contributed by atoms with E-state index in [2.05, 4.69) is 26.6 Å². The monoisotopic (exact) mass is 410 g/mol. The number of hydrogen-bond donors (Lipinski definition) is 3. The summed E-state index contributed by atoms with van der Waals surface area (Å²) >= 11 is 3.41. The minimum Gasteiger partial charge on any atom is -0.351 e. The first-order valence-electron chi connectivity index (χ1n) is 9.08. The molecule has 0 heterocycles. The van der Waals surface area contributed by atoms with Crippen LogP contribution in [0.1, 0.15) is 37.7 Å². The van der Waals surface area contributed by atoms with Crippen LogP contribution in [-0.4, -0.2) is 38.5 Å². The number of likely N-dealkylation sites (N-methyl/N-ethyl adjacent to an activating group) is 1. The van der Waals surface area contributed by atoms with Crippen LogP contribution in [0.3, 0.4) is 0 Å². The molecule has 1 unspecified atom stereocenters. The number of rotatable bonds is 7. The molecule has 0 aromatic heterocycles. The molecule has 2 rings (SSSR count). The first-order chi connectivity index (χ1) is 11.9. The fourth-order valence-electron chi connectivity index (χ4n) is 3.28. The molecule has 25 heavy (non-hydrogen) atoms. The highest BCUT2D eigenvalue weighted by Crippen LogP contribution is 2.22. The van der Waals surface area contributed by atoms with Crippen molar-refractivity contribution >= 4 is 33.4 Å². The van der Waals surface area contributed by atoms with Gasteiger partial charge in [0, 0.05) is 16.7 Å². The molecular formula is C19H29BrN3O2+. The summed E-state index contributed by atoms with van der Waals surface area (Å²) in [4.78, 5) is 25.1. The van der Waals surface area contributed by atoms with E-state index in [0.717, 1.165) is 27.2 Å². The molecule has 1 atom stereocenters. The highest BCUT2D eigenvalue weighted by Gasteiger charge is 2.17. The van der Waals surface area contributed by atoms with Crippen molar-refractivity contribution in [3.05, 3.63) is 28.2 Å². The Morgan fingerprint density at radius 1 is 1.16 bits per heavy atom. The van der Waals surface area contributed by atoms with E-state index in [1.54, 1.807) is 0 Å². The lowest BCUT2D eigenvalue weighted by atomic mass is 9.89. The van der Waals surface area contributed by atoms with E-state index in [1.165, 1.54) is 32.1 Å². The van der Waals surface area contributed by atoms with Gasteiger partial charge in [0.25, 0.3) is 11.8 Å². The van der Waals surface area contributed by atoms with Gasteiger partial charge in [-0.3, -0.25) is 9.59 Å². The summed E-state index contributed by atoms with van der Waals surface area (Å²) in [6.07, 6.45) is 6.32. The number of carbonyl (C=O) groups excluding carboxylic acids is 2. The third-order valence-electron chi connectivity index (χ3n) is 4.70. The van der Waals surface area contributed by atoms with Crippen molar-refractivity contribution in [3.8, 4) is 0 Å². The molecule has 1 aliphatic carbocycles. The Balaban J connectivity index is 1.70. The molecule has 138 valence electrons. The SMILES string of the molecule is Cc1cc(Br)ccc1NC(=O)C[NH+](C)CC(=O)NCC1CCCCC1. The second kappa shape index (κ2) is 9.92. The predicted octanol–water partition coefficient (Wildman–Crippen LogP) is 1.91. The number of anilines is 1. The zero-order valence-corrected chi connectivity index (χ0v) is 16.7. The number of quaternary nitrogens is 1. The molecule has 3 N–H and O–H groups in total. The summed E-state index contributed by atoms with van der Waals surface area (Å²) in [6, 6.07) is 5.74. The molecule has 0 bridgehead atoms. The molecule has 0 radical (unpaired) electrons. The number of nitrogens with one attached hydrogen (secondary N) is 3. The van der Waals surface area contributed by atoms with E-state index in [-0.39, 0.29) is 18.4 Å². The molecule has 0 spiro atoms. The number of hydrogen-bond acceptors (Lipinski definition) is 2. The van der Waals surface area contributed by atoms with E-state index in [0.29, 0.717) is 12.5 Å². The Bertz CT molecular complexity index is 600. The third-order valence-corrected chi connectivity index (χ3v) is 5.19. The van der Waals surface area contributed by atoms with Crippen LogP contribution in [0.4, 0.5) is 5.69 Å². The third kappa shape index (κ3) is 7.16. The molecule has 0 saturated heterocycles. The quantitative estimate of drug-likeness (QED) is 0.642. The standard InChI is InChI=1S/C19H28BrN3O2/c1-14-10-16(20)8-9-17(14)22-19(25)13-23(2)12-18(24)21-11-15-6-4-3-5-7-15/h8-10,15H,3-7,11-13H2,1-2H3,(H,21,24)(H,22,25)/p+1. The second-order valence-electron chi connectivity index (χ2n) is 7.13. The molecule has 1 saturated carbocycles. The van der Waals surface area contributed by atoms with E-state index in [4.69, 9.17) is 0 Å². The van der Waals surface area contributed by atoms with Gasteiger partial charge in [-0.2, -0.15) is 0 Å². The highest BCUT2D eigenvalue weighted by atomic mass is 79.9. The molecule has 1 aromatic carbocycles. The Morgan fingerprint density at radius 3 is 2.52 bits per heavy atom. The molecule has 1 aromatic rings. The number of amides is 2. The minimum absolute atomic E-state index is 0.0238. The number of aryl methyl sites for hydroxylation is 1. The molecule has 1 fully saturated rings. The first kappa shape index (κ1) is 19.9. The largest absolute Gasteiger partial charge is 0.351 e. The summed E-state index contributed by atoms with van der Waals surface area (Å²) in [7, 11) is 1.87. The predicted molar refractivity (Wildman–Crippen MR) is 104 cm³/mol. The van der Waals surface area contributed by atoms with E-state index in [1.807, 2.05) is 32.2 Å². The Kier molecular flexibility index (Phi) is 7.90. The van der Waals surface area contributed by atoms with Crippen molar-refractivity contribution in [2.75, 3.05) is 32.0 Å². The number of carbonyl (C=O) groups is 2. The molecule has 2 amide bonds. The van der Waals surface area contributed by atoms with Crippen LogP contribution >= 0.6 is 15.9 Å². The highest BCUT2D eigenvalue weighted by molar-refractivity contribution is 9.10. The first-order valence-corrected chi connectivity index (χ1v) is 9.87. The van der Waals surface area contributed by atoms with Crippen molar-refractivity contribution in [2.24, 2.45) is 5.92 Å². The Morgan fingerprint density at radius 2 is 1.84 bits per heavy atom. The van der Waals surface area contributed by atoms with Gasteiger partial charge in [0.1, 0.15) is 0 Å². The van der Waals surface area contributed by atoms with Gasteiger partial charge < -0.3 is 15.5 Å². The zero-order valence-electron chi connectivity index (χ0n) is 15.2. The van der Waals surface area contributed by atoms with Gasteiger partial charge in [0.2, 0.25) is 0 Å². The maximum atomic E-state index is 12.2. The summed E-state index contributed by atoms with van der Waals surface area (Å²) < 4.78 is 0.986. The summed E-state index contributed by atoms with van der Waals surface area (Å²) in [5.74, 6) is 0.570. The fourth-order valence-corrected chi connectivity index (χ4v) is 3.76. The van der Waals surface area contributed by atoms with Gasteiger partial charge in [0.15, 0.2) is 13.1 Å². The average molecular weight is 411 g/mol. The van der Waals surface area contributed by atoms with Crippen LogP contribution in [-0.2, 0) is 9.59 Å². The van der Waals surface area contributed by atoms with Gasteiger partial charge in [-0.05, 0) is 49.4 Å². The summed E-state index contributed by atoms with van der Waals surface area (Å²) in [5.41, 5.74) is 1.81. The maximum absolute atomic E-state index is 12.2. The normalized spacial score (nSPS) is 16.3. The van der Waals surface area contributed by atoms with Gasteiger partial charge in [-0.25, -0.2) is 0 Å². The van der Waals surface area contributed by atoms with Crippen molar-refractivity contribution in [3.63, 3.8) is 0 Å². The lowest BCUT2D eigenvalue weighted by Gasteiger charge is -2.22. The van der Waals surface area contributed by atoms with Crippen LogP contribution < -0.4 is 15.5 Å². The second-order valence-corrected chi connectivity index (χ2v) is 8.04.